The fourth-order valence-electron chi connectivity index (χ4n) is 2.33. The highest BCUT2D eigenvalue weighted by Crippen LogP contribution is 2.44. The van der Waals surface area contributed by atoms with Gasteiger partial charge in [-0.05, 0) is 30.2 Å². The van der Waals surface area contributed by atoms with E-state index in [0.717, 1.165) is 30.0 Å². The van der Waals surface area contributed by atoms with Crippen molar-refractivity contribution in [1.82, 2.24) is 4.90 Å². The number of benzene rings is 1. The highest BCUT2D eigenvalue weighted by molar-refractivity contribution is 8.00. The number of halogens is 4. The second-order valence-electron chi connectivity index (χ2n) is 4.83. The third kappa shape index (κ3) is 3.73. The summed E-state index contributed by atoms with van der Waals surface area (Å²) >= 11 is 1.08. The van der Waals surface area contributed by atoms with E-state index in [-0.39, 0.29) is 23.8 Å². The van der Waals surface area contributed by atoms with Crippen molar-refractivity contribution in [2.75, 3.05) is 26.0 Å². The molecule has 0 spiro atoms. The number of alkyl halides is 3. The topological polar surface area (TPSA) is 29.5 Å². The van der Waals surface area contributed by atoms with Crippen molar-refractivity contribution in [3.05, 3.63) is 35.1 Å². The molecule has 8 heteroatoms. The van der Waals surface area contributed by atoms with Crippen molar-refractivity contribution < 1.29 is 27.1 Å². The van der Waals surface area contributed by atoms with E-state index in [4.69, 9.17) is 4.74 Å². The summed E-state index contributed by atoms with van der Waals surface area (Å²) in [7, 11) is 1.51. The molecular formula is C14H15F4NO2S. The molecule has 0 radical (unpaired) electrons. The average Bonchev–Trinajstić information content (AvgIpc) is 2.79. The standard InChI is InChI=1S/C14H15F4NO2S/c1-21-6-2-5-19-12(20)8-22-13(19)10-7-9(15)3-4-11(10)14(16,17)18/h3-4,7,13H,2,5-6,8H2,1H3. The Labute approximate surface area is 129 Å². The quantitative estimate of drug-likeness (QED) is 0.609. The van der Waals surface area contributed by atoms with Crippen molar-refractivity contribution >= 4 is 17.7 Å². The molecule has 1 amide bonds. The maximum atomic E-state index is 13.4. The molecule has 1 heterocycles. The summed E-state index contributed by atoms with van der Waals surface area (Å²) in [6, 6.07) is 2.37. The second-order valence-corrected chi connectivity index (χ2v) is 5.89. The molecule has 1 aromatic carbocycles. The van der Waals surface area contributed by atoms with Gasteiger partial charge in [-0.1, -0.05) is 0 Å². The van der Waals surface area contributed by atoms with Crippen LogP contribution in [0.2, 0.25) is 0 Å². The maximum absolute atomic E-state index is 13.4. The van der Waals surface area contributed by atoms with Crippen LogP contribution in [0.5, 0.6) is 0 Å². The molecule has 2 rings (SSSR count). The number of ether oxygens (including phenoxy) is 1. The van der Waals surface area contributed by atoms with E-state index in [0.29, 0.717) is 13.0 Å². The summed E-state index contributed by atoms with van der Waals surface area (Å²) < 4.78 is 57.6. The van der Waals surface area contributed by atoms with Gasteiger partial charge in [-0.15, -0.1) is 11.8 Å². The van der Waals surface area contributed by atoms with E-state index in [1.54, 1.807) is 0 Å². The fourth-order valence-corrected chi connectivity index (χ4v) is 3.57. The van der Waals surface area contributed by atoms with Crippen molar-refractivity contribution in [3.63, 3.8) is 0 Å². The van der Waals surface area contributed by atoms with E-state index < -0.39 is 22.9 Å². The molecular weight excluding hydrogens is 322 g/mol. The van der Waals surface area contributed by atoms with Gasteiger partial charge in [0.1, 0.15) is 11.2 Å². The first-order chi connectivity index (χ1) is 10.3. The van der Waals surface area contributed by atoms with Gasteiger partial charge >= 0.3 is 6.18 Å². The number of amides is 1. The molecule has 0 saturated carbocycles. The zero-order valence-corrected chi connectivity index (χ0v) is 12.6. The molecule has 1 aliphatic rings. The molecule has 0 bridgehead atoms. The molecule has 1 unspecified atom stereocenters. The van der Waals surface area contributed by atoms with E-state index >= 15 is 0 Å². The molecule has 122 valence electrons. The van der Waals surface area contributed by atoms with E-state index in [9.17, 15) is 22.4 Å². The zero-order valence-electron chi connectivity index (χ0n) is 11.8. The van der Waals surface area contributed by atoms with Crippen LogP contribution in [0.1, 0.15) is 22.9 Å². The number of hydrogen-bond acceptors (Lipinski definition) is 3. The summed E-state index contributed by atoms with van der Waals surface area (Å²) in [5, 5.41) is -0.823. The Morgan fingerprint density at radius 1 is 1.41 bits per heavy atom. The van der Waals surface area contributed by atoms with E-state index in [2.05, 4.69) is 0 Å². The first kappa shape index (κ1) is 17.1. The minimum Gasteiger partial charge on any atom is -0.385 e. The van der Waals surface area contributed by atoms with Crippen LogP contribution in [0.15, 0.2) is 18.2 Å². The van der Waals surface area contributed by atoms with Gasteiger partial charge in [0.15, 0.2) is 0 Å². The number of methoxy groups -OCH3 is 1. The van der Waals surface area contributed by atoms with Crippen molar-refractivity contribution in [2.45, 2.75) is 18.0 Å². The highest BCUT2D eigenvalue weighted by atomic mass is 32.2. The normalized spacial score (nSPS) is 19.0. The smallest absolute Gasteiger partial charge is 0.385 e. The Hall–Kier alpha value is -1.28. The molecule has 0 aliphatic carbocycles. The summed E-state index contributed by atoms with van der Waals surface area (Å²) in [5.74, 6) is -0.908. The Morgan fingerprint density at radius 3 is 2.77 bits per heavy atom. The Balaban J connectivity index is 2.32. The van der Waals surface area contributed by atoms with Crippen molar-refractivity contribution in [3.8, 4) is 0 Å². The number of rotatable bonds is 5. The van der Waals surface area contributed by atoms with Gasteiger partial charge in [-0.2, -0.15) is 13.2 Å². The Kier molecular flexibility index (Phi) is 5.33. The molecule has 1 aliphatic heterocycles. The molecule has 0 aromatic heterocycles. The number of hydrogen-bond donors (Lipinski definition) is 0. The summed E-state index contributed by atoms with van der Waals surface area (Å²) in [4.78, 5) is 13.2. The van der Waals surface area contributed by atoms with Crippen LogP contribution in [0.4, 0.5) is 17.6 Å². The molecule has 3 nitrogen and oxygen atoms in total. The summed E-state index contributed by atoms with van der Waals surface area (Å²) in [6.45, 7) is 0.675. The Morgan fingerprint density at radius 2 is 2.14 bits per heavy atom. The SMILES string of the molecule is COCCCN1C(=O)CSC1c1cc(F)ccc1C(F)(F)F. The lowest BCUT2D eigenvalue weighted by atomic mass is 10.1. The summed E-state index contributed by atoms with van der Waals surface area (Å²) in [6.07, 6.45) is -4.08. The summed E-state index contributed by atoms with van der Waals surface area (Å²) in [5.41, 5.74) is -1.11. The van der Waals surface area contributed by atoms with Gasteiger partial charge in [0.2, 0.25) is 5.91 Å². The van der Waals surface area contributed by atoms with Crippen LogP contribution >= 0.6 is 11.8 Å². The monoisotopic (exact) mass is 337 g/mol. The van der Waals surface area contributed by atoms with Crippen LogP contribution < -0.4 is 0 Å². The number of carbonyl (C=O) groups excluding carboxylic acids is 1. The van der Waals surface area contributed by atoms with Crippen LogP contribution in [0.25, 0.3) is 0 Å². The predicted octanol–water partition coefficient (Wildman–Crippen LogP) is 3.46. The fraction of sp³-hybridized carbons (Fsp3) is 0.500. The van der Waals surface area contributed by atoms with Crippen molar-refractivity contribution in [2.24, 2.45) is 0 Å². The number of carbonyl (C=O) groups is 1. The van der Waals surface area contributed by atoms with Crippen LogP contribution in [-0.2, 0) is 15.7 Å². The maximum Gasteiger partial charge on any atom is 0.416 e. The van der Waals surface area contributed by atoms with Gasteiger partial charge in [0.05, 0.1) is 11.3 Å². The lowest BCUT2D eigenvalue weighted by Crippen LogP contribution is -2.31. The van der Waals surface area contributed by atoms with Crippen LogP contribution in [-0.4, -0.2) is 36.8 Å². The molecule has 1 saturated heterocycles. The number of thioether (sulfide) groups is 1. The first-order valence-electron chi connectivity index (χ1n) is 6.61. The van der Waals surface area contributed by atoms with Crippen molar-refractivity contribution in [1.29, 1.82) is 0 Å². The largest absolute Gasteiger partial charge is 0.416 e. The first-order valence-corrected chi connectivity index (χ1v) is 7.66. The third-order valence-electron chi connectivity index (χ3n) is 3.30. The molecule has 1 atom stereocenters. The average molecular weight is 337 g/mol. The van der Waals surface area contributed by atoms with E-state index in [1.807, 2.05) is 0 Å². The van der Waals surface area contributed by atoms with Gasteiger partial charge in [-0.3, -0.25) is 4.79 Å². The molecule has 1 fully saturated rings. The van der Waals surface area contributed by atoms with E-state index in [1.165, 1.54) is 12.0 Å². The molecule has 0 N–H and O–H groups in total. The predicted molar refractivity (Wildman–Crippen MR) is 74.8 cm³/mol. The zero-order chi connectivity index (χ0) is 16.3. The lowest BCUT2D eigenvalue weighted by molar-refractivity contribution is -0.139. The number of nitrogens with zero attached hydrogens (tertiary/aromatic N) is 1. The molecule has 1 aromatic rings. The molecule has 22 heavy (non-hydrogen) atoms. The van der Waals surface area contributed by atoms with Gasteiger partial charge in [-0.25, -0.2) is 4.39 Å². The van der Waals surface area contributed by atoms with Gasteiger partial charge < -0.3 is 9.64 Å². The van der Waals surface area contributed by atoms with Crippen LogP contribution in [0, 0.1) is 5.82 Å². The van der Waals surface area contributed by atoms with Gasteiger partial charge in [0.25, 0.3) is 0 Å². The minimum atomic E-state index is -4.59. The van der Waals surface area contributed by atoms with Crippen LogP contribution in [0.3, 0.4) is 0 Å². The Bertz CT molecular complexity index is 550. The second kappa shape index (κ2) is 6.87. The highest BCUT2D eigenvalue weighted by Gasteiger charge is 2.40. The van der Waals surface area contributed by atoms with Gasteiger partial charge in [0, 0.05) is 20.3 Å². The minimum absolute atomic E-state index is 0.0887. The lowest BCUT2D eigenvalue weighted by Gasteiger charge is -2.26. The third-order valence-corrected chi connectivity index (χ3v) is 4.54.